The molecule has 108 valence electrons. The number of rotatable bonds is 5. The number of ether oxygens (including phenoxy) is 1. The second-order valence-electron chi connectivity index (χ2n) is 4.78. The molecule has 0 bridgehead atoms. The quantitative estimate of drug-likeness (QED) is 0.768. The molecule has 1 aliphatic rings. The van der Waals surface area contributed by atoms with Gasteiger partial charge in [0.05, 0.1) is 5.56 Å². The predicted molar refractivity (Wildman–Crippen MR) is 74.0 cm³/mol. The van der Waals surface area contributed by atoms with Gasteiger partial charge < -0.3 is 20.5 Å². The van der Waals surface area contributed by atoms with E-state index in [0.717, 1.165) is 26.1 Å². The lowest BCUT2D eigenvalue weighted by molar-refractivity contribution is 0.0697. The zero-order valence-electron chi connectivity index (χ0n) is 11.1. The molecule has 6 nitrogen and oxygen atoms in total. The van der Waals surface area contributed by atoms with E-state index in [-0.39, 0.29) is 11.6 Å². The predicted octanol–water partition coefficient (Wildman–Crippen LogP) is 1.93. The largest absolute Gasteiger partial charge is 0.478 e. The van der Waals surface area contributed by atoms with Crippen molar-refractivity contribution < 1.29 is 19.4 Å². The summed E-state index contributed by atoms with van der Waals surface area (Å²) in [6, 6.07) is 5.75. The number of carboxylic acids is 1. The summed E-state index contributed by atoms with van der Waals surface area (Å²) in [6.45, 7) is 2.19. The minimum atomic E-state index is -0.986. The van der Waals surface area contributed by atoms with Crippen molar-refractivity contribution >= 4 is 17.7 Å². The van der Waals surface area contributed by atoms with Gasteiger partial charge in [-0.25, -0.2) is 9.59 Å². The lowest BCUT2D eigenvalue weighted by atomic mass is 10.1. The highest BCUT2D eigenvalue weighted by Gasteiger charge is 2.15. The fourth-order valence-corrected chi connectivity index (χ4v) is 2.07. The van der Waals surface area contributed by atoms with Crippen LogP contribution < -0.4 is 10.6 Å². The van der Waals surface area contributed by atoms with Gasteiger partial charge in [0.1, 0.15) is 0 Å². The average molecular weight is 278 g/mol. The van der Waals surface area contributed by atoms with Crippen molar-refractivity contribution in [2.75, 3.05) is 25.1 Å². The molecule has 3 N–H and O–H groups in total. The van der Waals surface area contributed by atoms with Crippen molar-refractivity contribution in [2.45, 2.75) is 12.8 Å². The van der Waals surface area contributed by atoms with Crippen molar-refractivity contribution in [2.24, 2.45) is 5.92 Å². The topological polar surface area (TPSA) is 87.7 Å². The van der Waals surface area contributed by atoms with Crippen LogP contribution in [-0.2, 0) is 4.74 Å². The van der Waals surface area contributed by atoms with E-state index in [1.54, 1.807) is 12.1 Å². The lowest BCUT2D eigenvalue weighted by Gasteiger charge is -2.10. The third-order valence-electron chi connectivity index (χ3n) is 3.25. The molecule has 6 heteroatoms. The standard InChI is InChI=1S/C14H18N2O4/c17-13(18)11-1-3-12(4-2-11)16-14(19)15-7-5-10-6-8-20-9-10/h1-4,10H,5-9H2,(H,17,18)(H2,15,16,19). The molecule has 1 aliphatic heterocycles. The number of carbonyl (C=O) groups is 2. The van der Waals surface area contributed by atoms with Crippen LogP contribution in [0.3, 0.4) is 0 Å². The van der Waals surface area contributed by atoms with Gasteiger partial charge in [-0.3, -0.25) is 0 Å². The van der Waals surface area contributed by atoms with Crippen LogP contribution in [-0.4, -0.2) is 36.9 Å². The summed E-state index contributed by atoms with van der Waals surface area (Å²) in [6.07, 6.45) is 1.96. The Morgan fingerprint density at radius 1 is 1.30 bits per heavy atom. The average Bonchev–Trinajstić information content (AvgIpc) is 2.92. The van der Waals surface area contributed by atoms with Crippen LogP contribution in [0.2, 0.25) is 0 Å². The molecule has 20 heavy (non-hydrogen) atoms. The molecule has 0 spiro atoms. The number of benzene rings is 1. The fourth-order valence-electron chi connectivity index (χ4n) is 2.07. The van der Waals surface area contributed by atoms with Gasteiger partial charge in [0, 0.05) is 25.4 Å². The van der Waals surface area contributed by atoms with Crippen molar-refractivity contribution in [1.82, 2.24) is 5.32 Å². The first kappa shape index (κ1) is 14.3. The second kappa shape index (κ2) is 6.91. The van der Waals surface area contributed by atoms with E-state index in [4.69, 9.17) is 9.84 Å². The number of carboxylic acid groups (broad SMARTS) is 1. The molecule has 0 radical (unpaired) electrons. The third kappa shape index (κ3) is 4.24. The van der Waals surface area contributed by atoms with Gasteiger partial charge in [0.2, 0.25) is 0 Å². The zero-order valence-corrected chi connectivity index (χ0v) is 11.1. The Labute approximate surface area is 117 Å². The molecule has 0 saturated carbocycles. The van der Waals surface area contributed by atoms with Gasteiger partial charge in [0.15, 0.2) is 0 Å². The first-order valence-electron chi connectivity index (χ1n) is 6.61. The Morgan fingerprint density at radius 3 is 2.65 bits per heavy atom. The third-order valence-corrected chi connectivity index (χ3v) is 3.25. The Bertz CT molecular complexity index is 467. The van der Waals surface area contributed by atoms with Gasteiger partial charge in [-0.15, -0.1) is 0 Å². The second-order valence-corrected chi connectivity index (χ2v) is 4.78. The maximum absolute atomic E-state index is 11.6. The molecule has 1 fully saturated rings. The molecular formula is C14H18N2O4. The number of aromatic carboxylic acids is 1. The van der Waals surface area contributed by atoms with E-state index in [1.165, 1.54) is 12.1 Å². The number of carbonyl (C=O) groups excluding carboxylic acids is 1. The molecule has 1 heterocycles. The number of urea groups is 1. The maximum Gasteiger partial charge on any atom is 0.335 e. The first-order valence-corrected chi connectivity index (χ1v) is 6.61. The van der Waals surface area contributed by atoms with Gasteiger partial charge in [-0.1, -0.05) is 0 Å². The maximum atomic E-state index is 11.6. The van der Waals surface area contributed by atoms with Crippen molar-refractivity contribution in [3.8, 4) is 0 Å². The van der Waals surface area contributed by atoms with Crippen molar-refractivity contribution in [3.63, 3.8) is 0 Å². The summed E-state index contributed by atoms with van der Waals surface area (Å²) in [7, 11) is 0. The minimum Gasteiger partial charge on any atom is -0.478 e. The Morgan fingerprint density at radius 2 is 2.05 bits per heavy atom. The number of amides is 2. The molecule has 2 amide bonds. The molecule has 2 rings (SSSR count). The van der Waals surface area contributed by atoms with E-state index < -0.39 is 5.97 Å². The summed E-state index contributed by atoms with van der Waals surface area (Å²) in [5, 5.41) is 14.2. The van der Waals surface area contributed by atoms with E-state index in [1.807, 2.05) is 0 Å². The number of hydrogen-bond acceptors (Lipinski definition) is 3. The molecule has 0 aromatic heterocycles. The highest BCUT2D eigenvalue weighted by Crippen LogP contribution is 2.15. The Balaban J connectivity index is 1.71. The highest BCUT2D eigenvalue weighted by atomic mass is 16.5. The molecule has 1 saturated heterocycles. The molecule has 1 atom stereocenters. The van der Waals surface area contributed by atoms with Crippen LogP contribution in [0.1, 0.15) is 23.2 Å². The molecule has 1 aromatic rings. The summed E-state index contributed by atoms with van der Waals surface area (Å²) in [5.41, 5.74) is 0.758. The molecule has 1 unspecified atom stereocenters. The smallest absolute Gasteiger partial charge is 0.335 e. The van der Waals surface area contributed by atoms with Crippen molar-refractivity contribution in [3.05, 3.63) is 29.8 Å². The molecule has 1 aromatic carbocycles. The SMILES string of the molecule is O=C(NCCC1CCOC1)Nc1ccc(C(=O)O)cc1. The zero-order chi connectivity index (χ0) is 14.4. The Hall–Kier alpha value is -2.08. The van der Waals surface area contributed by atoms with Crippen molar-refractivity contribution in [1.29, 1.82) is 0 Å². The van der Waals surface area contributed by atoms with E-state index >= 15 is 0 Å². The number of anilines is 1. The van der Waals surface area contributed by atoms with Crippen LogP contribution in [0.4, 0.5) is 10.5 Å². The highest BCUT2D eigenvalue weighted by molar-refractivity contribution is 5.91. The fraction of sp³-hybridized carbons (Fsp3) is 0.429. The van der Waals surface area contributed by atoms with Gasteiger partial charge >= 0.3 is 12.0 Å². The van der Waals surface area contributed by atoms with E-state index in [2.05, 4.69) is 10.6 Å². The first-order chi connectivity index (χ1) is 9.65. The summed E-state index contributed by atoms with van der Waals surface area (Å²) in [4.78, 5) is 22.3. The lowest BCUT2D eigenvalue weighted by Crippen LogP contribution is -2.30. The minimum absolute atomic E-state index is 0.192. The van der Waals surface area contributed by atoms with Crippen LogP contribution in [0.25, 0.3) is 0 Å². The number of nitrogens with one attached hydrogen (secondary N) is 2. The molecule has 0 aliphatic carbocycles. The van der Waals surface area contributed by atoms with Gasteiger partial charge in [0.25, 0.3) is 0 Å². The summed E-state index contributed by atoms with van der Waals surface area (Å²) < 4.78 is 5.26. The van der Waals surface area contributed by atoms with E-state index in [0.29, 0.717) is 18.2 Å². The normalized spacial score (nSPS) is 17.7. The molecular weight excluding hydrogens is 260 g/mol. The Kier molecular flexibility index (Phi) is 4.95. The van der Waals surface area contributed by atoms with Crippen LogP contribution >= 0.6 is 0 Å². The van der Waals surface area contributed by atoms with Crippen LogP contribution in [0.5, 0.6) is 0 Å². The van der Waals surface area contributed by atoms with E-state index in [9.17, 15) is 9.59 Å². The summed E-state index contributed by atoms with van der Waals surface area (Å²) in [5.74, 6) is -0.454. The van der Waals surface area contributed by atoms with Gasteiger partial charge in [-0.2, -0.15) is 0 Å². The summed E-state index contributed by atoms with van der Waals surface area (Å²) >= 11 is 0. The van der Waals surface area contributed by atoms with Crippen LogP contribution in [0, 0.1) is 5.92 Å². The number of hydrogen-bond donors (Lipinski definition) is 3. The van der Waals surface area contributed by atoms with Gasteiger partial charge in [-0.05, 0) is 43.0 Å². The van der Waals surface area contributed by atoms with Crippen LogP contribution in [0.15, 0.2) is 24.3 Å². The monoisotopic (exact) mass is 278 g/mol.